The van der Waals surface area contributed by atoms with Crippen molar-refractivity contribution in [2.45, 2.75) is 69.0 Å². The van der Waals surface area contributed by atoms with Gasteiger partial charge in [-0.1, -0.05) is 44.2 Å². The molecule has 15 heteroatoms. The second kappa shape index (κ2) is 12.2. The number of carbonyl (C=O) groups is 2. The van der Waals surface area contributed by atoms with Crippen molar-refractivity contribution in [3.8, 4) is 28.1 Å². The molecule has 1 spiro atoms. The second-order valence-corrected chi connectivity index (χ2v) is 14.2. The molecule has 2 aromatic carbocycles. The van der Waals surface area contributed by atoms with E-state index in [9.17, 15) is 36.3 Å². The third-order valence-electron chi connectivity index (χ3n) is 9.41. The summed E-state index contributed by atoms with van der Waals surface area (Å²) in [4.78, 5) is 34.2. The van der Waals surface area contributed by atoms with E-state index in [-0.39, 0.29) is 23.6 Å². The maximum Gasteiger partial charge on any atom is 0.534 e. The van der Waals surface area contributed by atoms with E-state index < -0.39 is 33.2 Å². The van der Waals surface area contributed by atoms with Gasteiger partial charge in [-0.2, -0.15) is 21.6 Å². The number of alkyl halides is 3. The standard InChI is InChI=1S/C32H35F3N4O7S/c1-18(2)27(38-30(41)42)29(40)39-14-3-4-24(39)28-36-16-23(37-28)20-7-5-19(6-8-20)21-9-10-25(46-47(43,44)32(33,34)35)22-11-12-31(26(21)22)13-15-45-17-31/h5-10,16,18,24,27,38H,3-4,11-15,17H2,1-2H3,(H,36,37)(H,41,42)/t24-,27-,31?/m0/s1. The molecular formula is C32H35F3N4O7S. The monoisotopic (exact) mass is 676 g/mol. The van der Waals surface area contributed by atoms with Gasteiger partial charge in [0.05, 0.1) is 24.5 Å². The molecule has 1 unspecified atom stereocenters. The quantitative estimate of drug-likeness (QED) is 0.208. The molecule has 2 saturated heterocycles. The molecule has 1 aliphatic carbocycles. The van der Waals surface area contributed by atoms with Crippen molar-refractivity contribution in [1.82, 2.24) is 20.2 Å². The number of amides is 2. The largest absolute Gasteiger partial charge is 0.534 e. The van der Waals surface area contributed by atoms with Gasteiger partial charge in [-0.25, -0.2) is 9.78 Å². The molecule has 0 saturated carbocycles. The lowest BCUT2D eigenvalue weighted by atomic mass is 9.77. The Labute approximate surface area is 269 Å². The van der Waals surface area contributed by atoms with E-state index >= 15 is 0 Å². The number of halogens is 3. The van der Waals surface area contributed by atoms with Crippen LogP contribution in [0.1, 0.15) is 62.5 Å². The number of likely N-dealkylation sites (tertiary alicyclic amines) is 1. The highest BCUT2D eigenvalue weighted by Crippen LogP contribution is 2.52. The lowest BCUT2D eigenvalue weighted by Gasteiger charge is -2.29. The van der Waals surface area contributed by atoms with Gasteiger partial charge >= 0.3 is 21.7 Å². The van der Waals surface area contributed by atoms with Crippen molar-refractivity contribution in [1.29, 1.82) is 0 Å². The van der Waals surface area contributed by atoms with Crippen molar-refractivity contribution >= 4 is 22.1 Å². The minimum absolute atomic E-state index is 0.237. The van der Waals surface area contributed by atoms with Crippen molar-refractivity contribution in [3.63, 3.8) is 0 Å². The third-order valence-corrected chi connectivity index (χ3v) is 10.4. The number of benzene rings is 2. The Kier molecular flexibility index (Phi) is 8.49. The van der Waals surface area contributed by atoms with Gasteiger partial charge in [-0.15, -0.1) is 0 Å². The highest BCUT2D eigenvalue weighted by molar-refractivity contribution is 7.88. The normalized spacial score (nSPS) is 21.7. The number of hydrogen-bond acceptors (Lipinski definition) is 7. The van der Waals surface area contributed by atoms with E-state index in [0.717, 1.165) is 28.7 Å². The molecule has 3 heterocycles. The summed E-state index contributed by atoms with van der Waals surface area (Å²) >= 11 is 0. The summed E-state index contributed by atoms with van der Waals surface area (Å²) in [5.41, 5.74) is -1.73. The number of hydrogen-bond donors (Lipinski definition) is 3. The Morgan fingerprint density at radius 3 is 2.51 bits per heavy atom. The number of H-pyrrole nitrogens is 1. The van der Waals surface area contributed by atoms with E-state index in [1.54, 1.807) is 31.0 Å². The van der Waals surface area contributed by atoms with Crippen molar-refractivity contribution < 1.29 is 45.2 Å². The average Bonchev–Trinajstić information content (AvgIpc) is 3.83. The average molecular weight is 677 g/mol. The van der Waals surface area contributed by atoms with Crippen molar-refractivity contribution in [3.05, 3.63) is 59.5 Å². The molecule has 1 aromatic heterocycles. The van der Waals surface area contributed by atoms with Crippen LogP contribution in [0.5, 0.6) is 5.75 Å². The first-order valence-corrected chi connectivity index (χ1v) is 16.8. The van der Waals surface area contributed by atoms with Crippen LogP contribution < -0.4 is 9.50 Å². The molecule has 3 aliphatic rings. The SMILES string of the molecule is CC(C)[C@H](NC(=O)O)C(=O)N1CCC[C@H]1c1ncc(-c2ccc(-c3ccc(OS(=O)(=O)C(F)(F)F)c4c3C3(CCOC3)CC4)cc2)[nH]1. The highest BCUT2D eigenvalue weighted by Gasteiger charge is 2.50. The third kappa shape index (κ3) is 6.06. The van der Waals surface area contributed by atoms with E-state index in [1.165, 1.54) is 6.07 Å². The van der Waals surface area contributed by atoms with Gasteiger partial charge in [0.1, 0.15) is 17.6 Å². The van der Waals surface area contributed by atoms with Crippen LogP contribution in [0.2, 0.25) is 0 Å². The highest BCUT2D eigenvalue weighted by atomic mass is 32.2. The molecule has 6 rings (SSSR count). The summed E-state index contributed by atoms with van der Waals surface area (Å²) in [6.45, 7) is 4.93. The van der Waals surface area contributed by atoms with Gasteiger partial charge in [0, 0.05) is 24.1 Å². The van der Waals surface area contributed by atoms with Gasteiger partial charge < -0.3 is 29.2 Å². The zero-order chi connectivity index (χ0) is 33.7. The first-order valence-electron chi connectivity index (χ1n) is 15.4. The first-order chi connectivity index (χ1) is 22.2. The summed E-state index contributed by atoms with van der Waals surface area (Å²) in [5.74, 6) is -0.250. The molecule has 0 radical (unpaired) electrons. The first kappa shape index (κ1) is 32.8. The molecule has 11 nitrogen and oxygen atoms in total. The number of carbonyl (C=O) groups excluding carboxylic acids is 1. The van der Waals surface area contributed by atoms with Crippen LogP contribution in [-0.2, 0) is 31.5 Å². The number of aromatic nitrogens is 2. The van der Waals surface area contributed by atoms with Crippen LogP contribution in [-0.4, -0.2) is 71.7 Å². The zero-order valence-corrected chi connectivity index (χ0v) is 26.6. The summed E-state index contributed by atoms with van der Waals surface area (Å²) in [5, 5.41) is 11.6. The Morgan fingerprint density at radius 1 is 1.15 bits per heavy atom. The predicted octanol–water partition coefficient (Wildman–Crippen LogP) is 5.53. The van der Waals surface area contributed by atoms with Crippen LogP contribution in [0.3, 0.4) is 0 Å². The lowest BCUT2D eigenvalue weighted by molar-refractivity contribution is -0.135. The summed E-state index contributed by atoms with van der Waals surface area (Å²) in [6.07, 6.45) is 3.46. The maximum absolute atomic E-state index is 13.3. The summed E-state index contributed by atoms with van der Waals surface area (Å²) in [6, 6.07) is 9.21. The molecule has 2 amide bonds. The Hall–Kier alpha value is -4.11. The number of carboxylic acid groups (broad SMARTS) is 1. The van der Waals surface area contributed by atoms with Crippen LogP contribution >= 0.6 is 0 Å². The number of ether oxygens (including phenoxy) is 1. The summed E-state index contributed by atoms with van der Waals surface area (Å²) < 4.78 is 73.5. The van der Waals surface area contributed by atoms with E-state index in [4.69, 9.17) is 4.74 Å². The van der Waals surface area contributed by atoms with Gasteiger partial charge in [0.25, 0.3) is 0 Å². The summed E-state index contributed by atoms with van der Waals surface area (Å²) in [7, 11) is -5.84. The smallest absolute Gasteiger partial charge is 0.465 e. The zero-order valence-electron chi connectivity index (χ0n) is 25.8. The Bertz CT molecular complexity index is 1780. The molecule has 3 N–H and O–H groups in total. The second-order valence-electron chi connectivity index (χ2n) is 12.7. The van der Waals surface area contributed by atoms with E-state index in [2.05, 4.69) is 19.5 Å². The van der Waals surface area contributed by atoms with Gasteiger partial charge in [-0.05, 0) is 66.3 Å². The molecule has 252 valence electrons. The van der Waals surface area contributed by atoms with Gasteiger partial charge in [-0.3, -0.25) is 4.79 Å². The number of imidazole rings is 1. The minimum atomic E-state index is -5.84. The number of fused-ring (bicyclic) bond motifs is 2. The van der Waals surface area contributed by atoms with Gasteiger partial charge in [0.15, 0.2) is 0 Å². The van der Waals surface area contributed by atoms with Crippen LogP contribution in [0, 0.1) is 5.92 Å². The fraction of sp³-hybridized carbons (Fsp3) is 0.469. The predicted molar refractivity (Wildman–Crippen MR) is 164 cm³/mol. The molecule has 3 atom stereocenters. The molecule has 3 aromatic rings. The van der Waals surface area contributed by atoms with E-state index in [0.29, 0.717) is 62.5 Å². The fourth-order valence-electron chi connectivity index (χ4n) is 7.08. The molecule has 47 heavy (non-hydrogen) atoms. The molecular weight excluding hydrogens is 641 g/mol. The van der Waals surface area contributed by atoms with E-state index in [1.807, 2.05) is 24.3 Å². The van der Waals surface area contributed by atoms with Crippen LogP contribution in [0.15, 0.2) is 42.6 Å². The number of nitrogens with one attached hydrogen (secondary N) is 2. The lowest BCUT2D eigenvalue weighted by Crippen LogP contribution is -2.50. The topological polar surface area (TPSA) is 151 Å². The molecule has 2 fully saturated rings. The number of aromatic amines is 1. The number of rotatable bonds is 8. The molecule has 2 aliphatic heterocycles. The van der Waals surface area contributed by atoms with Crippen LogP contribution in [0.4, 0.5) is 18.0 Å². The van der Waals surface area contributed by atoms with Crippen molar-refractivity contribution in [2.24, 2.45) is 5.92 Å². The van der Waals surface area contributed by atoms with Gasteiger partial charge in [0.2, 0.25) is 5.91 Å². The molecule has 0 bridgehead atoms. The fourth-order valence-corrected chi connectivity index (χ4v) is 7.57. The Morgan fingerprint density at radius 2 is 1.87 bits per heavy atom. The maximum atomic E-state index is 13.3. The van der Waals surface area contributed by atoms with Crippen LogP contribution in [0.25, 0.3) is 22.4 Å². The minimum Gasteiger partial charge on any atom is -0.465 e. The van der Waals surface area contributed by atoms with Crippen molar-refractivity contribution in [2.75, 3.05) is 19.8 Å². The Balaban J connectivity index is 1.27. The number of nitrogens with zero attached hydrogens (tertiary/aromatic N) is 2.